The number of nitrogens with one attached hydrogen (secondary N) is 2. The molecule has 0 aromatic heterocycles. The van der Waals surface area contributed by atoms with Crippen LogP contribution in [0.25, 0.3) is 0 Å². The van der Waals surface area contributed by atoms with Crippen LogP contribution in [0.5, 0.6) is 5.75 Å². The van der Waals surface area contributed by atoms with Gasteiger partial charge >= 0.3 is 0 Å². The second kappa shape index (κ2) is 10.3. The highest BCUT2D eigenvalue weighted by Gasteiger charge is 2.04. The Morgan fingerprint density at radius 3 is 2.55 bits per heavy atom. The Morgan fingerprint density at radius 1 is 1.14 bits per heavy atom. The molecule has 1 aromatic carbocycles. The topological polar surface area (TPSA) is 67.4 Å². The van der Waals surface area contributed by atoms with E-state index in [1.165, 1.54) is 6.92 Å². The Morgan fingerprint density at radius 2 is 1.86 bits per heavy atom. The van der Waals surface area contributed by atoms with Crippen LogP contribution in [-0.2, 0) is 9.59 Å². The molecule has 0 atom stereocenters. The van der Waals surface area contributed by atoms with Crippen LogP contribution in [0, 0.1) is 0 Å². The fourth-order valence-electron chi connectivity index (χ4n) is 1.68. The zero-order valence-corrected chi connectivity index (χ0v) is 14.0. The summed E-state index contributed by atoms with van der Waals surface area (Å²) in [6, 6.07) is 5.01. The molecule has 0 saturated heterocycles. The van der Waals surface area contributed by atoms with E-state index in [-0.39, 0.29) is 11.8 Å². The summed E-state index contributed by atoms with van der Waals surface area (Å²) in [5.41, 5.74) is 0. The molecule has 2 N–H and O–H groups in total. The lowest BCUT2D eigenvalue weighted by Crippen LogP contribution is -2.28. The van der Waals surface area contributed by atoms with E-state index in [2.05, 4.69) is 10.6 Å². The minimum atomic E-state index is -0.0654. The quantitative estimate of drug-likeness (QED) is 0.675. The maximum absolute atomic E-state index is 11.6. The molecule has 22 heavy (non-hydrogen) atoms. The van der Waals surface area contributed by atoms with E-state index >= 15 is 0 Å². The first-order chi connectivity index (χ1) is 10.5. The van der Waals surface area contributed by atoms with Gasteiger partial charge in [0.05, 0.1) is 11.6 Å². The molecule has 5 nitrogen and oxygen atoms in total. The summed E-state index contributed by atoms with van der Waals surface area (Å²) in [4.78, 5) is 22.2. The molecule has 0 aliphatic heterocycles. The number of halogens is 2. The van der Waals surface area contributed by atoms with Gasteiger partial charge in [0.1, 0.15) is 5.75 Å². The van der Waals surface area contributed by atoms with Crippen LogP contribution in [0.2, 0.25) is 10.0 Å². The van der Waals surface area contributed by atoms with Crippen LogP contribution in [0.15, 0.2) is 18.2 Å². The van der Waals surface area contributed by atoms with Gasteiger partial charge in [-0.2, -0.15) is 0 Å². The van der Waals surface area contributed by atoms with Crippen molar-refractivity contribution in [3.05, 3.63) is 28.2 Å². The van der Waals surface area contributed by atoms with Crippen LogP contribution in [0.3, 0.4) is 0 Å². The second-order valence-corrected chi connectivity index (χ2v) is 5.56. The summed E-state index contributed by atoms with van der Waals surface area (Å²) < 4.78 is 5.49. The van der Waals surface area contributed by atoms with Gasteiger partial charge in [0, 0.05) is 31.5 Å². The Bertz CT molecular complexity index is 510. The number of hydrogen-bond donors (Lipinski definition) is 2. The number of carbonyl (C=O) groups is 2. The van der Waals surface area contributed by atoms with E-state index in [0.29, 0.717) is 54.8 Å². The lowest BCUT2D eigenvalue weighted by molar-refractivity contribution is -0.121. The highest BCUT2D eigenvalue weighted by molar-refractivity contribution is 6.35. The zero-order valence-electron chi connectivity index (χ0n) is 12.5. The summed E-state index contributed by atoms with van der Waals surface area (Å²) in [6.45, 7) is 2.98. The van der Waals surface area contributed by atoms with Crippen molar-refractivity contribution in [3.63, 3.8) is 0 Å². The van der Waals surface area contributed by atoms with Crippen molar-refractivity contribution in [2.75, 3.05) is 19.7 Å². The van der Waals surface area contributed by atoms with Crippen LogP contribution < -0.4 is 15.4 Å². The van der Waals surface area contributed by atoms with Crippen LogP contribution >= 0.6 is 23.2 Å². The number of carbonyl (C=O) groups excluding carboxylic acids is 2. The zero-order chi connectivity index (χ0) is 16.4. The van der Waals surface area contributed by atoms with Gasteiger partial charge in [-0.25, -0.2) is 0 Å². The maximum atomic E-state index is 11.6. The standard InChI is InChI=1S/C15H20Cl2N2O3/c1-11(20)18-7-3-8-19-15(21)4-2-9-22-14-6-5-12(16)10-13(14)17/h5-6,10H,2-4,7-9H2,1H3,(H,18,20)(H,19,21). The summed E-state index contributed by atoms with van der Waals surface area (Å²) in [6.07, 6.45) is 1.68. The monoisotopic (exact) mass is 346 g/mol. The molecule has 0 saturated carbocycles. The van der Waals surface area contributed by atoms with Gasteiger partial charge in [0.2, 0.25) is 11.8 Å². The van der Waals surface area contributed by atoms with Crippen molar-refractivity contribution in [1.82, 2.24) is 10.6 Å². The first-order valence-corrected chi connectivity index (χ1v) is 7.83. The summed E-state index contributed by atoms with van der Waals surface area (Å²) in [5, 5.41) is 6.46. The Hall–Kier alpha value is -1.46. The number of rotatable bonds is 9. The Kier molecular flexibility index (Phi) is 8.70. The van der Waals surface area contributed by atoms with Crippen molar-refractivity contribution >= 4 is 35.0 Å². The largest absolute Gasteiger partial charge is 0.492 e. The minimum Gasteiger partial charge on any atom is -0.492 e. The molecule has 0 heterocycles. The number of ether oxygens (including phenoxy) is 1. The average Bonchev–Trinajstić information content (AvgIpc) is 2.44. The molecular weight excluding hydrogens is 327 g/mol. The fraction of sp³-hybridized carbons (Fsp3) is 0.467. The van der Waals surface area contributed by atoms with Crippen LogP contribution in [0.4, 0.5) is 0 Å². The van der Waals surface area contributed by atoms with Gasteiger partial charge in [-0.05, 0) is 31.0 Å². The van der Waals surface area contributed by atoms with Gasteiger partial charge < -0.3 is 15.4 Å². The van der Waals surface area contributed by atoms with Crippen LogP contribution in [-0.4, -0.2) is 31.5 Å². The predicted octanol–water partition coefficient (Wildman–Crippen LogP) is 2.79. The van der Waals surface area contributed by atoms with Gasteiger partial charge in [0.25, 0.3) is 0 Å². The number of benzene rings is 1. The van der Waals surface area contributed by atoms with E-state index in [1.807, 2.05) is 0 Å². The molecule has 0 fully saturated rings. The van der Waals surface area contributed by atoms with Crippen molar-refractivity contribution in [2.24, 2.45) is 0 Å². The normalized spacial score (nSPS) is 10.1. The highest BCUT2D eigenvalue weighted by Crippen LogP contribution is 2.27. The van der Waals surface area contributed by atoms with E-state index in [1.54, 1.807) is 18.2 Å². The van der Waals surface area contributed by atoms with Crippen molar-refractivity contribution < 1.29 is 14.3 Å². The molecule has 1 aromatic rings. The van der Waals surface area contributed by atoms with Gasteiger partial charge in [0.15, 0.2) is 0 Å². The maximum Gasteiger partial charge on any atom is 0.220 e. The SMILES string of the molecule is CC(=O)NCCCNC(=O)CCCOc1ccc(Cl)cc1Cl. The van der Waals surface area contributed by atoms with E-state index < -0.39 is 0 Å². The fourth-order valence-corrected chi connectivity index (χ4v) is 2.14. The molecular formula is C15H20Cl2N2O3. The van der Waals surface area contributed by atoms with E-state index in [4.69, 9.17) is 27.9 Å². The molecule has 0 aliphatic carbocycles. The Balaban J connectivity index is 2.08. The van der Waals surface area contributed by atoms with Crippen molar-refractivity contribution in [1.29, 1.82) is 0 Å². The van der Waals surface area contributed by atoms with Gasteiger partial charge in [-0.1, -0.05) is 23.2 Å². The third-order valence-corrected chi connectivity index (χ3v) is 3.28. The first kappa shape index (κ1) is 18.6. The predicted molar refractivity (Wildman–Crippen MR) is 87.5 cm³/mol. The molecule has 122 valence electrons. The number of hydrogen-bond acceptors (Lipinski definition) is 3. The average molecular weight is 347 g/mol. The summed E-state index contributed by atoms with van der Waals surface area (Å²) >= 11 is 11.8. The summed E-state index contributed by atoms with van der Waals surface area (Å²) in [7, 11) is 0. The Labute approximate surface area is 140 Å². The van der Waals surface area contributed by atoms with Crippen molar-refractivity contribution in [3.8, 4) is 5.75 Å². The third-order valence-electron chi connectivity index (χ3n) is 2.75. The minimum absolute atomic E-state index is 0.0337. The molecule has 1 rings (SSSR count). The molecule has 0 unspecified atom stereocenters. The molecule has 7 heteroatoms. The summed E-state index contributed by atoms with van der Waals surface area (Å²) in [5.74, 6) is 0.458. The molecule has 0 spiro atoms. The molecule has 0 radical (unpaired) electrons. The molecule has 0 aliphatic rings. The number of amides is 2. The molecule has 2 amide bonds. The second-order valence-electron chi connectivity index (χ2n) is 4.71. The van der Waals surface area contributed by atoms with E-state index in [0.717, 1.165) is 0 Å². The van der Waals surface area contributed by atoms with E-state index in [9.17, 15) is 9.59 Å². The lowest BCUT2D eigenvalue weighted by atomic mass is 10.3. The highest BCUT2D eigenvalue weighted by atomic mass is 35.5. The van der Waals surface area contributed by atoms with Gasteiger partial charge in [-0.3, -0.25) is 9.59 Å². The third kappa shape index (κ3) is 8.10. The van der Waals surface area contributed by atoms with Crippen molar-refractivity contribution in [2.45, 2.75) is 26.2 Å². The smallest absolute Gasteiger partial charge is 0.220 e. The van der Waals surface area contributed by atoms with Gasteiger partial charge in [-0.15, -0.1) is 0 Å². The first-order valence-electron chi connectivity index (χ1n) is 7.08. The lowest BCUT2D eigenvalue weighted by Gasteiger charge is -2.08. The van der Waals surface area contributed by atoms with Crippen LogP contribution in [0.1, 0.15) is 26.2 Å². The molecule has 0 bridgehead atoms.